The van der Waals surface area contributed by atoms with Gasteiger partial charge in [-0.3, -0.25) is 14.4 Å². The minimum atomic E-state index is -0.629. The molecule has 1 aliphatic heterocycles. The van der Waals surface area contributed by atoms with Crippen molar-refractivity contribution in [1.82, 2.24) is 4.90 Å². The second-order valence-corrected chi connectivity index (χ2v) is 8.09. The Morgan fingerprint density at radius 3 is 2.61 bits per heavy atom. The highest BCUT2D eigenvalue weighted by Crippen LogP contribution is 2.28. The van der Waals surface area contributed by atoms with E-state index in [-0.39, 0.29) is 30.2 Å². The highest BCUT2D eigenvalue weighted by Gasteiger charge is 2.29. The summed E-state index contributed by atoms with van der Waals surface area (Å²) in [4.78, 5) is 50.5. The average Bonchev–Trinajstić information content (AvgIpc) is 3.42. The van der Waals surface area contributed by atoms with Crippen molar-refractivity contribution in [3.8, 4) is 0 Å². The van der Waals surface area contributed by atoms with Gasteiger partial charge in [0.2, 0.25) is 0 Å². The third kappa shape index (κ3) is 5.72. The lowest BCUT2D eigenvalue weighted by Gasteiger charge is -2.30. The Bertz CT molecular complexity index is 943. The van der Waals surface area contributed by atoms with E-state index in [1.807, 2.05) is 0 Å². The Labute approximate surface area is 183 Å². The van der Waals surface area contributed by atoms with Gasteiger partial charge in [0.15, 0.2) is 12.4 Å². The van der Waals surface area contributed by atoms with Gasteiger partial charge in [-0.15, -0.1) is 11.3 Å². The molecule has 0 aliphatic carbocycles. The summed E-state index contributed by atoms with van der Waals surface area (Å²) in [7, 11) is 0. The average molecular weight is 448 g/mol. The molecular weight excluding hydrogens is 424 g/mol. The van der Waals surface area contributed by atoms with Gasteiger partial charge in [0.05, 0.1) is 23.8 Å². The van der Waals surface area contributed by atoms with Crippen LogP contribution in [0.1, 0.15) is 45.6 Å². The molecule has 1 N–H and O–H groups in total. The first kappa shape index (κ1) is 22.5. The van der Waals surface area contributed by atoms with Gasteiger partial charge in [-0.05, 0) is 50.5 Å². The number of anilines is 1. The number of nitrogens with zero attached hydrogens (tertiary/aromatic N) is 1. The number of carbonyl (C=O) groups is 4. The van der Waals surface area contributed by atoms with Crippen molar-refractivity contribution >= 4 is 40.1 Å². The zero-order chi connectivity index (χ0) is 22.4. The largest absolute Gasteiger partial charge is 0.466 e. The molecular formula is C21H24N2O7S. The van der Waals surface area contributed by atoms with Crippen LogP contribution in [-0.2, 0) is 19.1 Å². The number of ether oxygens (including phenoxy) is 2. The van der Waals surface area contributed by atoms with E-state index in [4.69, 9.17) is 13.9 Å². The summed E-state index contributed by atoms with van der Waals surface area (Å²) in [6.07, 6.45) is 2.45. The summed E-state index contributed by atoms with van der Waals surface area (Å²) in [5.41, 5.74) is 0.632. The van der Waals surface area contributed by atoms with Crippen LogP contribution in [0.25, 0.3) is 0 Å². The summed E-state index contributed by atoms with van der Waals surface area (Å²) >= 11 is 1.06. The molecule has 1 fully saturated rings. The van der Waals surface area contributed by atoms with Gasteiger partial charge >= 0.3 is 11.9 Å². The second-order valence-electron chi connectivity index (χ2n) is 7.04. The van der Waals surface area contributed by atoms with Crippen LogP contribution < -0.4 is 5.32 Å². The summed E-state index contributed by atoms with van der Waals surface area (Å²) in [6.45, 7) is 4.27. The molecule has 1 aliphatic rings. The molecule has 2 amide bonds. The smallest absolute Gasteiger partial charge is 0.349 e. The second kappa shape index (κ2) is 10.3. The van der Waals surface area contributed by atoms with Gasteiger partial charge in [0.1, 0.15) is 4.88 Å². The third-order valence-electron chi connectivity index (χ3n) is 4.88. The number of hydrogen-bond acceptors (Lipinski definition) is 8. The first-order valence-corrected chi connectivity index (χ1v) is 10.8. The summed E-state index contributed by atoms with van der Waals surface area (Å²) in [6, 6.07) is 4.80. The predicted molar refractivity (Wildman–Crippen MR) is 112 cm³/mol. The predicted octanol–water partition coefficient (Wildman–Crippen LogP) is 2.86. The molecule has 10 heteroatoms. The van der Waals surface area contributed by atoms with Crippen LogP contribution in [0, 0.1) is 12.8 Å². The first-order chi connectivity index (χ1) is 14.9. The molecule has 0 spiro atoms. The molecule has 0 saturated carbocycles. The molecule has 0 atom stereocenters. The molecule has 2 aromatic rings. The van der Waals surface area contributed by atoms with Crippen molar-refractivity contribution in [2.45, 2.75) is 26.7 Å². The summed E-state index contributed by atoms with van der Waals surface area (Å²) in [5.74, 6) is -1.63. The molecule has 0 bridgehead atoms. The van der Waals surface area contributed by atoms with Gasteiger partial charge in [0, 0.05) is 13.1 Å². The van der Waals surface area contributed by atoms with Gasteiger partial charge < -0.3 is 24.1 Å². The van der Waals surface area contributed by atoms with Crippen LogP contribution in [0.2, 0.25) is 0 Å². The number of piperidine rings is 1. The lowest BCUT2D eigenvalue weighted by atomic mass is 9.97. The zero-order valence-corrected chi connectivity index (χ0v) is 18.2. The third-order valence-corrected chi connectivity index (χ3v) is 6.01. The Morgan fingerprint density at radius 2 is 1.97 bits per heavy atom. The fourth-order valence-corrected chi connectivity index (χ4v) is 4.20. The standard InChI is InChI=1S/C21H24N2O7S/c1-3-28-20(26)14-6-8-23(9-7-14)17(24)12-30-21(27)18-13(2)11-16(31-18)22-19(25)15-5-4-10-29-15/h4-5,10-11,14H,3,6-9,12H2,1-2H3,(H,22,25). The molecule has 3 heterocycles. The number of amides is 2. The number of esters is 2. The van der Waals surface area contributed by atoms with Crippen molar-refractivity contribution in [2.24, 2.45) is 5.92 Å². The quantitative estimate of drug-likeness (QED) is 0.648. The van der Waals surface area contributed by atoms with Crippen molar-refractivity contribution in [2.75, 3.05) is 31.6 Å². The molecule has 9 nitrogen and oxygen atoms in total. The van der Waals surface area contributed by atoms with Crippen molar-refractivity contribution in [1.29, 1.82) is 0 Å². The Hall–Kier alpha value is -3.14. The molecule has 0 unspecified atom stereocenters. The number of aryl methyl sites for hydroxylation is 1. The highest BCUT2D eigenvalue weighted by atomic mass is 32.1. The molecule has 0 radical (unpaired) electrons. The van der Waals surface area contributed by atoms with Crippen LogP contribution in [-0.4, -0.2) is 55.0 Å². The van der Waals surface area contributed by atoms with Crippen LogP contribution in [0.4, 0.5) is 5.00 Å². The van der Waals surface area contributed by atoms with E-state index in [9.17, 15) is 19.2 Å². The number of hydrogen-bond donors (Lipinski definition) is 1. The van der Waals surface area contributed by atoms with Gasteiger partial charge in [-0.2, -0.15) is 0 Å². The molecule has 166 valence electrons. The topological polar surface area (TPSA) is 115 Å². The van der Waals surface area contributed by atoms with Crippen molar-refractivity contribution in [3.63, 3.8) is 0 Å². The van der Waals surface area contributed by atoms with Crippen LogP contribution in [0.15, 0.2) is 28.9 Å². The minimum absolute atomic E-state index is 0.160. The van der Waals surface area contributed by atoms with Crippen LogP contribution in [0.5, 0.6) is 0 Å². The number of thiophene rings is 1. The van der Waals surface area contributed by atoms with Crippen LogP contribution in [0.3, 0.4) is 0 Å². The fourth-order valence-electron chi connectivity index (χ4n) is 3.24. The van der Waals surface area contributed by atoms with E-state index in [0.717, 1.165) is 11.3 Å². The Morgan fingerprint density at radius 1 is 1.23 bits per heavy atom. The summed E-state index contributed by atoms with van der Waals surface area (Å²) in [5, 5.41) is 3.13. The molecule has 31 heavy (non-hydrogen) atoms. The van der Waals surface area contributed by atoms with E-state index >= 15 is 0 Å². The number of nitrogens with one attached hydrogen (secondary N) is 1. The maximum absolute atomic E-state index is 12.4. The van der Waals surface area contributed by atoms with Gasteiger partial charge in [-0.1, -0.05) is 0 Å². The lowest BCUT2D eigenvalue weighted by Crippen LogP contribution is -2.42. The van der Waals surface area contributed by atoms with Crippen molar-refractivity contribution < 1.29 is 33.1 Å². The highest BCUT2D eigenvalue weighted by molar-refractivity contribution is 7.18. The van der Waals surface area contributed by atoms with Crippen LogP contribution >= 0.6 is 11.3 Å². The van der Waals surface area contributed by atoms with Gasteiger partial charge in [0.25, 0.3) is 11.8 Å². The van der Waals surface area contributed by atoms with E-state index in [1.54, 1.807) is 30.9 Å². The summed E-state index contributed by atoms with van der Waals surface area (Å²) < 4.78 is 15.2. The number of rotatable bonds is 7. The molecule has 2 aromatic heterocycles. The van der Waals surface area contributed by atoms with Gasteiger partial charge in [-0.25, -0.2) is 4.79 Å². The lowest BCUT2D eigenvalue weighted by molar-refractivity contribution is -0.151. The molecule has 3 rings (SSSR count). The first-order valence-electron chi connectivity index (χ1n) is 9.95. The van der Waals surface area contributed by atoms with E-state index in [1.165, 1.54) is 12.3 Å². The maximum atomic E-state index is 12.4. The monoisotopic (exact) mass is 448 g/mol. The molecule has 0 aromatic carbocycles. The number of likely N-dealkylation sites (tertiary alicyclic amines) is 1. The van der Waals surface area contributed by atoms with E-state index in [0.29, 0.717) is 48.0 Å². The van der Waals surface area contributed by atoms with E-state index < -0.39 is 11.9 Å². The normalized spacial score (nSPS) is 14.2. The van der Waals surface area contributed by atoms with E-state index in [2.05, 4.69) is 5.32 Å². The Kier molecular flexibility index (Phi) is 7.45. The molecule has 1 saturated heterocycles. The SMILES string of the molecule is CCOC(=O)C1CCN(C(=O)COC(=O)c2sc(NC(=O)c3ccco3)cc2C)CC1. The zero-order valence-electron chi connectivity index (χ0n) is 17.3. The van der Waals surface area contributed by atoms with Crippen molar-refractivity contribution in [3.05, 3.63) is 40.7 Å². The number of furan rings is 1. The minimum Gasteiger partial charge on any atom is -0.466 e. The maximum Gasteiger partial charge on any atom is 0.349 e. The number of carbonyl (C=O) groups excluding carboxylic acids is 4. The Balaban J connectivity index is 1.48. The fraction of sp³-hybridized carbons (Fsp3) is 0.429.